The van der Waals surface area contributed by atoms with E-state index in [1.165, 1.54) is 7.05 Å². The first-order valence-corrected chi connectivity index (χ1v) is 6.90. The van der Waals surface area contributed by atoms with Crippen molar-refractivity contribution in [3.8, 4) is 0 Å². The summed E-state index contributed by atoms with van der Waals surface area (Å²) in [5.41, 5.74) is 2.22. The maximum Gasteiger partial charge on any atom is 0.318 e. The van der Waals surface area contributed by atoms with Crippen LogP contribution in [0.1, 0.15) is 28.7 Å². The van der Waals surface area contributed by atoms with Crippen molar-refractivity contribution in [1.29, 1.82) is 0 Å². The lowest BCUT2D eigenvalue weighted by Gasteiger charge is -2.08. The van der Waals surface area contributed by atoms with E-state index in [4.69, 9.17) is 4.52 Å². The molecule has 1 heterocycles. The molecule has 0 spiro atoms. The number of carbonyl (C=O) groups is 2. The van der Waals surface area contributed by atoms with Gasteiger partial charge in [-0.05, 0) is 31.5 Å². The van der Waals surface area contributed by atoms with E-state index < -0.39 is 0 Å². The number of nitrogens with one attached hydrogen (secondary N) is 3. The van der Waals surface area contributed by atoms with Gasteiger partial charge in [0, 0.05) is 18.4 Å². The summed E-state index contributed by atoms with van der Waals surface area (Å²) in [5, 5.41) is 11.7. The minimum absolute atomic E-state index is 0.285. The third-order valence-electron chi connectivity index (χ3n) is 3.10. The van der Waals surface area contributed by atoms with Crippen LogP contribution in [-0.4, -0.2) is 24.1 Å². The van der Waals surface area contributed by atoms with Gasteiger partial charge in [-0.25, -0.2) is 4.79 Å². The van der Waals surface area contributed by atoms with Crippen LogP contribution >= 0.6 is 0 Å². The number of amides is 3. The number of benzene rings is 1. The molecule has 1 aromatic heterocycles. The van der Waals surface area contributed by atoms with Crippen LogP contribution in [0.2, 0.25) is 0 Å². The van der Waals surface area contributed by atoms with E-state index in [2.05, 4.69) is 21.1 Å². The van der Waals surface area contributed by atoms with E-state index in [0.29, 0.717) is 34.8 Å². The van der Waals surface area contributed by atoms with Gasteiger partial charge >= 0.3 is 6.03 Å². The number of rotatable bonds is 4. The number of nitrogens with zero attached hydrogens (tertiary/aromatic N) is 1. The van der Waals surface area contributed by atoms with Crippen molar-refractivity contribution in [2.75, 3.05) is 17.7 Å². The average Bonchev–Trinajstić information content (AvgIpc) is 2.88. The summed E-state index contributed by atoms with van der Waals surface area (Å²) in [4.78, 5) is 23.7. The maximum absolute atomic E-state index is 12.4. The lowest BCUT2D eigenvalue weighted by Crippen LogP contribution is -2.24. The SMILES string of the molecule is CCc1noc(C)c1C(=O)Nc1cccc(NC(=O)NC)c1. The van der Waals surface area contributed by atoms with Crippen LogP contribution in [0.15, 0.2) is 28.8 Å². The van der Waals surface area contributed by atoms with E-state index in [9.17, 15) is 9.59 Å². The fraction of sp³-hybridized carbons (Fsp3) is 0.267. The fourth-order valence-corrected chi connectivity index (χ4v) is 2.01. The molecular weight excluding hydrogens is 284 g/mol. The van der Waals surface area contributed by atoms with E-state index in [1.807, 2.05) is 6.92 Å². The lowest BCUT2D eigenvalue weighted by atomic mass is 10.1. The van der Waals surface area contributed by atoms with E-state index in [-0.39, 0.29) is 11.9 Å². The first kappa shape index (κ1) is 15.6. The van der Waals surface area contributed by atoms with Crippen molar-refractivity contribution in [3.63, 3.8) is 0 Å². The predicted octanol–water partition coefficient (Wildman–Crippen LogP) is 2.55. The Morgan fingerprint density at radius 1 is 1.23 bits per heavy atom. The summed E-state index contributed by atoms with van der Waals surface area (Å²) < 4.78 is 5.06. The van der Waals surface area contributed by atoms with Crippen LogP contribution in [-0.2, 0) is 6.42 Å². The van der Waals surface area contributed by atoms with Crippen LogP contribution in [0.3, 0.4) is 0 Å². The molecule has 22 heavy (non-hydrogen) atoms. The summed E-state index contributed by atoms with van der Waals surface area (Å²) in [7, 11) is 1.53. The summed E-state index contributed by atoms with van der Waals surface area (Å²) in [6.07, 6.45) is 0.609. The minimum Gasteiger partial charge on any atom is -0.361 e. The summed E-state index contributed by atoms with van der Waals surface area (Å²) >= 11 is 0. The molecule has 116 valence electrons. The molecule has 0 aliphatic heterocycles. The zero-order valence-corrected chi connectivity index (χ0v) is 12.7. The molecule has 3 amide bonds. The molecule has 7 heteroatoms. The summed E-state index contributed by atoms with van der Waals surface area (Å²) in [6.45, 7) is 3.60. The zero-order valence-electron chi connectivity index (χ0n) is 12.7. The molecule has 3 N–H and O–H groups in total. The number of aryl methyl sites for hydroxylation is 2. The molecule has 0 aliphatic carbocycles. The highest BCUT2D eigenvalue weighted by atomic mass is 16.5. The standard InChI is InChI=1S/C15H18N4O3/c1-4-12-13(9(2)22-19-12)14(20)17-10-6-5-7-11(8-10)18-15(21)16-3/h5-8H,4H2,1-3H3,(H,17,20)(H2,16,18,21). The quantitative estimate of drug-likeness (QED) is 0.808. The molecule has 1 aromatic carbocycles. The van der Waals surface area contributed by atoms with Crippen molar-refractivity contribution in [2.24, 2.45) is 0 Å². The largest absolute Gasteiger partial charge is 0.361 e. The molecule has 7 nitrogen and oxygen atoms in total. The van der Waals surface area contributed by atoms with Gasteiger partial charge in [0.2, 0.25) is 0 Å². The number of anilines is 2. The van der Waals surface area contributed by atoms with Crippen molar-refractivity contribution in [3.05, 3.63) is 41.3 Å². The Morgan fingerprint density at radius 3 is 2.55 bits per heavy atom. The molecule has 0 bridgehead atoms. The molecular formula is C15H18N4O3. The number of urea groups is 1. The summed E-state index contributed by atoms with van der Waals surface area (Å²) in [6, 6.07) is 6.55. The number of carbonyl (C=O) groups excluding carboxylic acids is 2. The smallest absolute Gasteiger partial charge is 0.318 e. The fourth-order valence-electron chi connectivity index (χ4n) is 2.01. The van der Waals surface area contributed by atoms with Gasteiger partial charge in [0.05, 0.1) is 5.69 Å². The van der Waals surface area contributed by atoms with Crippen molar-refractivity contribution in [2.45, 2.75) is 20.3 Å². The number of aromatic nitrogens is 1. The van der Waals surface area contributed by atoms with Gasteiger partial charge in [-0.1, -0.05) is 18.1 Å². The average molecular weight is 302 g/mol. The van der Waals surface area contributed by atoms with Gasteiger partial charge in [-0.2, -0.15) is 0 Å². The highest BCUT2D eigenvalue weighted by Crippen LogP contribution is 2.19. The number of hydrogen-bond acceptors (Lipinski definition) is 4. The second-order valence-corrected chi connectivity index (χ2v) is 4.65. The van der Waals surface area contributed by atoms with Gasteiger partial charge < -0.3 is 20.5 Å². The molecule has 0 saturated heterocycles. The van der Waals surface area contributed by atoms with Crippen LogP contribution in [0.25, 0.3) is 0 Å². The van der Waals surface area contributed by atoms with Gasteiger partial charge in [-0.15, -0.1) is 0 Å². The third-order valence-corrected chi connectivity index (χ3v) is 3.10. The Labute approximate surface area is 128 Å². The molecule has 0 saturated carbocycles. The first-order valence-electron chi connectivity index (χ1n) is 6.90. The highest BCUT2D eigenvalue weighted by molar-refractivity contribution is 6.06. The molecule has 2 rings (SSSR count). The van der Waals surface area contributed by atoms with Crippen LogP contribution in [0.5, 0.6) is 0 Å². The van der Waals surface area contributed by atoms with Crippen molar-refractivity contribution < 1.29 is 14.1 Å². The normalized spacial score (nSPS) is 10.1. The Bertz CT molecular complexity index is 694. The van der Waals surface area contributed by atoms with Crippen molar-refractivity contribution in [1.82, 2.24) is 10.5 Å². The molecule has 0 unspecified atom stereocenters. The highest BCUT2D eigenvalue weighted by Gasteiger charge is 2.19. The summed E-state index contributed by atoms with van der Waals surface area (Å²) in [5.74, 6) is 0.196. The van der Waals surface area contributed by atoms with Gasteiger partial charge in [0.25, 0.3) is 5.91 Å². The van der Waals surface area contributed by atoms with E-state index >= 15 is 0 Å². The monoisotopic (exact) mass is 302 g/mol. The van der Waals surface area contributed by atoms with Gasteiger partial charge in [0.15, 0.2) is 0 Å². The lowest BCUT2D eigenvalue weighted by molar-refractivity contribution is 0.102. The molecule has 0 fully saturated rings. The van der Waals surface area contributed by atoms with E-state index in [0.717, 1.165) is 0 Å². The number of hydrogen-bond donors (Lipinski definition) is 3. The van der Waals surface area contributed by atoms with Gasteiger partial charge in [0.1, 0.15) is 11.3 Å². The van der Waals surface area contributed by atoms with Crippen LogP contribution in [0.4, 0.5) is 16.2 Å². The van der Waals surface area contributed by atoms with E-state index in [1.54, 1.807) is 31.2 Å². The molecule has 0 aliphatic rings. The Hall–Kier alpha value is -2.83. The Kier molecular flexibility index (Phi) is 4.77. The second-order valence-electron chi connectivity index (χ2n) is 4.65. The van der Waals surface area contributed by atoms with Crippen LogP contribution < -0.4 is 16.0 Å². The molecule has 0 radical (unpaired) electrons. The Morgan fingerprint density at radius 2 is 1.91 bits per heavy atom. The van der Waals surface area contributed by atoms with Gasteiger partial charge in [-0.3, -0.25) is 4.79 Å². The Balaban J connectivity index is 2.16. The second kappa shape index (κ2) is 6.75. The molecule has 0 atom stereocenters. The van der Waals surface area contributed by atoms with Crippen molar-refractivity contribution >= 4 is 23.3 Å². The molecule has 2 aromatic rings. The van der Waals surface area contributed by atoms with Crippen LogP contribution in [0, 0.1) is 6.92 Å². The minimum atomic E-state index is -0.327. The zero-order chi connectivity index (χ0) is 16.1. The third kappa shape index (κ3) is 3.43. The topological polar surface area (TPSA) is 96.3 Å². The maximum atomic E-state index is 12.4. The first-order chi connectivity index (χ1) is 10.5. The predicted molar refractivity (Wildman–Crippen MR) is 83.1 cm³/mol.